The number of halogens is 2. The largest absolute Gasteiger partial charge is 0.251 e. The first-order valence-corrected chi connectivity index (χ1v) is 8.65. The molecule has 0 bridgehead atoms. The fourth-order valence-electron chi connectivity index (χ4n) is 1.28. The fraction of sp³-hybridized carbons (Fsp3) is 1.00. The Balaban J connectivity index is 3.79. The monoisotopic (exact) mass is 212 g/mol. The number of hydrogen-bond donors (Lipinski definition) is 0. The lowest BCUT2D eigenvalue weighted by Crippen LogP contribution is -2.23. The molecule has 0 amide bonds. The van der Waals surface area contributed by atoms with Gasteiger partial charge in [0.2, 0.25) is 0 Å². The van der Waals surface area contributed by atoms with E-state index in [4.69, 9.17) is 22.2 Å². The van der Waals surface area contributed by atoms with Gasteiger partial charge < -0.3 is 0 Å². The van der Waals surface area contributed by atoms with Crippen LogP contribution in [0, 0.1) is 11.8 Å². The molecular formula is C8H18Cl2Si. The zero-order valence-electron chi connectivity index (χ0n) is 7.82. The van der Waals surface area contributed by atoms with Crippen LogP contribution in [0.1, 0.15) is 27.7 Å². The van der Waals surface area contributed by atoms with E-state index in [0.29, 0.717) is 11.8 Å². The summed E-state index contributed by atoms with van der Waals surface area (Å²) in [4.78, 5) is 0. The molecule has 0 saturated heterocycles. The highest BCUT2D eigenvalue weighted by molar-refractivity contribution is 7.45. The van der Waals surface area contributed by atoms with Gasteiger partial charge in [0.15, 0.2) is 0 Å². The van der Waals surface area contributed by atoms with E-state index in [-0.39, 0.29) is 0 Å². The van der Waals surface area contributed by atoms with Crippen LogP contribution in [0.25, 0.3) is 0 Å². The van der Waals surface area contributed by atoms with E-state index in [1.807, 2.05) is 0 Å². The van der Waals surface area contributed by atoms with Crippen LogP contribution in [0.4, 0.5) is 0 Å². The van der Waals surface area contributed by atoms with Crippen molar-refractivity contribution in [1.82, 2.24) is 0 Å². The second-order valence-electron chi connectivity index (χ2n) is 4.05. The molecule has 0 heterocycles. The lowest BCUT2D eigenvalue weighted by atomic mass is 10.3. The van der Waals surface area contributed by atoms with Crippen molar-refractivity contribution < 1.29 is 0 Å². The molecular weight excluding hydrogens is 195 g/mol. The topological polar surface area (TPSA) is 0 Å². The van der Waals surface area contributed by atoms with E-state index in [0.717, 1.165) is 12.1 Å². The second-order valence-corrected chi connectivity index (χ2v) is 11.5. The molecule has 0 saturated carbocycles. The van der Waals surface area contributed by atoms with Gasteiger partial charge in [-0.3, -0.25) is 0 Å². The van der Waals surface area contributed by atoms with Crippen molar-refractivity contribution in [2.24, 2.45) is 11.8 Å². The van der Waals surface area contributed by atoms with E-state index in [2.05, 4.69) is 27.7 Å². The van der Waals surface area contributed by atoms with Crippen molar-refractivity contribution in [3.8, 4) is 0 Å². The molecule has 0 radical (unpaired) electrons. The predicted octanol–water partition coefficient (Wildman–Crippen LogP) is 4.22. The summed E-state index contributed by atoms with van der Waals surface area (Å²) < 4.78 is 0. The zero-order valence-corrected chi connectivity index (χ0v) is 10.3. The fourth-order valence-corrected chi connectivity index (χ4v) is 7.54. The molecule has 0 aromatic rings. The second kappa shape index (κ2) is 4.73. The molecule has 0 unspecified atom stereocenters. The standard InChI is InChI=1S/C8H18Cl2Si/c1-7(2)5-11(9,10)6-8(3)4/h7-8H,5-6H2,1-4H3. The third kappa shape index (κ3) is 7.17. The van der Waals surface area contributed by atoms with Crippen molar-refractivity contribution in [2.75, 3.05) is 0 Å². The maximum Gasteiger partial charge on any atom is 0.251 e. The van der Waals surface area contributed by atoms with Gasteiger partial charge in [-0.2, -0.15) is 0 Å². The van der Waals surface area contributed by atoms with Gasteiger partial charge in [0.25, 0.3) is 6.69 Å². The molecule has 0 nitrogen and oxygen atoms in total. The Bertz CT molecular complexity index is 98.7. The molecule has 0 aliphatic carbocycles. The van der Waals surface area contributed by atoms with Crippen molar-refractivity contribution in [1.29, 1.82) is 0 Å². The van der Waals surface area contributed by atoms with Gasteiger partial charge in [-0.25, -0.2) is 0 Å². The summed E-state index contributed by atoms with van der Waals surface area (Å²) in [6.07, 6.45) is 0. The Morgan fingerprint density at radius 2 is 1.18 bits per heavy atom. The average Bonchev–Trinajstić information content (AvgIpc) is 1.53. The highest BCUT2D eigenvalue weighted by Crippen LogP contribution is 2.32. The van der Waals surface area contributed by atoms with E-state index < -0.39 is 6.69 Å². The maximum atomic E-state index is 6.23. The summed E-state index contributed by atoms with van der Waals surface area (Å²) in [6.45, 7) is 6.81. The smallest absolute Gasteiger partial charge is 0.146 e. The summed E-state index contributed by atoms with van der Waals surface area (Å²) in [5, 5.41) is 0. The first-order valence-electron chi connectivity index (χ1n) is 4.21. The van der Waals surface area contributed by atoms with Crippen LogP contribution in [0.2, 0.25) is 12.1 Å². The van der Waals surface area contributed by atoms with Gasteiger partial charge >= 0.3 is 0 Å². The normalized spacial score (nSPS) is 13.1. The van der Waals surface area contributed by atoms with Crippen molar-refractivity contribution in [2.45, 2.75) is 39.8 Å². The van der Waals surface area contributed by atoms with Gasteiger partial charge in [-0.15, -0.1) is 22.2 Å². The molecule has 68 valence electrons. The van der Waals surface area contributed by atoms with E-state index in [9.17, 15) is 0 Å². The Morgan fingerprint density at radius 1 is 0.909 bits per heavy atom. The molecule has 0 aliphatic heterocycles. The summed E-state index contributed by atoms with van der Waals surface area (Å²) in [5.74, 6) is 1.27. The Kier molecular flexibility index (Phi) is 5.08. The number of hydrogen-bond acceptors (Lipinski definition) is 0. The first-order chi connectivity index (χ1) is 4.83. The Hall–Kier alpha value is 0.797. The van der Waals surface area contributed by atoms with Crippen LogP contribution in [0.5, 0.6) is 0 Å². The van der Waals surface area contributed by atoms with E-state index in [1.54, 1.807) is 0 Å². The van der Waals surface area contributed by atoms with Gasteiger partial charge in [-0.05, 0) is 23.9 Å². The quantitative estimate of drug-likeness (QED) is 0.484. The zero-order chi connectivity index (χ0) is 9.07. The minimum absolute atomic E-state index is 0.635. The highest BCUT2D eigenvalue weighted by atomic mass is 35.7. The molecule has 11 heavy (non-hydrogen) atoms. The SMILES string of the molecule is CC(C)C[Si](Cl)(Cl)CC(C)C. The van der Waals surface area contributed by atoms with E-state index in [1.165, 1.54) is 0 Å². The minimum Gasteiger partial charge on any atom is -0.146 e. The average molecular weight is 213 g/mol. The third-order valence-corrected chi connectivity index (χ3v) is 6.09. The van der Waals surface area contributed by atoms with Crippen LogP contribution in [-0.2, 0) is 0 Å². The van der Waals surface area contributed by atoms with Crippen molar-refractivity contribution in [3.05, 3.63) is 0 Å². The molecule has 0 rings (SSSR count). The first kappa shape index (κ1) is 11.8. The van der Waals surface area contributed by atoms with Crippen molar-refractivity contribution >= 4 is 28.9 Å². The van der Waals surface area contributed by atoms with Gasteiger partial charge in [0.1, 0.15) is 0 Å². The van der Waals surface area contributed by atoms with Gasteiger partial charge in [0, 0.05) is 0 Å². The molecule has 0 N–H and O–H groups in total. The summed E-state index contributed by atoms with van der Waals surface area (Å²) in [7, 11) is 0. The van der Waals surface area contributed by atoms with Crippen LogP contribution < -0.4 is 0 Å². The highest BCUT2D eigenvalue weighted by Gasteiger charge is 2.29. The summed E-state index contributed by atoms with van der Waals surface area (Å²) >= 11 is 12.5. The molecule has 0 fully saturated rings. The molecule has 0 spiro atoms. The molecule has 3 heteroatoms. The lowest BCUT2D eigenvalue weighted by molar-refractivity contribution is 0.694. The predicted molar refractivity (Wildman–Crippen MR) is 56.8 cm³/mol. The maximum absolute atomic E-state index is 6.23. The molecule has 0 aromatic carbocycles. The van der Waals surface area contributed by atoms with Crippen LogP contribution in [0.15, 0.2) is 0 Å². The Morgan fingerprint density at radius 3 is 1.36 bits per heavy atom. The Labute approximate surface area is 80.7 Å². The lowest BCUT2D eigenvalue weighted by Gasteiger charge is -2.20. The van der Waals surface area contributed by atoms with E-state index >= 15 is 0 Å². The summed E-state index contributed by atoms with van der Waals surface area (Å²) in [6, 6.07) is 2.04. The van der Waals surface area contributed by atoms with Gasteiger partial charge in [0.05, 0.1) is 0 Å². The van der Waals surface area contributed by atoms with Gasteiger partial charge in [-0.1, -0.05) is 27.7 Å². The van der Waals surface area contributed by atoms with Crippen LogP contribution >= 0.6 is 22.2 Å². The minimum atomic E-state index is -1.89. The van der Waals surface area contributed by atoms with Crippen molar-refractivity contribution in [3.63, 3.8) is 0 Å². The molecule has 0 aromatic heterocycles. The number of rotatable bonds is 4. The third-order valence-electron chi connectivity index (χ3n) is 1.41. The molecule has 0 atom stereocenters. The summed E-state index contributed by atoms with van der Waals surface area (Å²) in [5.41, 5.74) is 0. The van der Waals surface area contributed by atoms with Crippen LogP contribution in [0.3, 0.4) is 0 Å². The van der Waals surface area contributed by atoms with Crippen LogP contribution in [-0.4, -0.2) is 6.69 Å². The molecule has 0 aliphatic rings.